The van der Waals surface area contributed by atoms with Crippen molar-refractivity contribution in [3.63, 3.8) is 0 Å². The molecule has 0 spiro atoms. The van der Waals surface area contributed by atoms with E-state index in [1.54, 1.807) is 0 Å². The van der Waals surface area contributed by atoms with Gasteiger partial charge in [-0.25, -0.2) is 4.90 Å². The third-order valence-corrected chi connectivity index (χ3v) is 3.90. The van der Waals surface area contributed by atoms with Crippen LogP contribution in [-0.4, -0.2) is 43.7 Å². The molecular formula is C14H28N2O2. The van der Waals surface area contributed by atoms with E-state index in [0.29, 0.717) is 0 Å². The molecule has 1 saturated heterocycles. The van der Waals surface area contributed by atoms with E-state index in [1.165, 1.54) is 38.5 Å². The van der Waals surface area contributed by atoms with Gasteiger partial charge in [-0.3, -0.25) is 0 Å². The molecule has 0 aliphatic carbocycles. The van der Waals surface area contributed by atoms with Crippen LogP contribution in [0.5, 0.6) is 0 Å². The van der Waals surface area contributed by atoms with Gasteiger partial charge in [0.05, 0.1) is 20.1 Å². The molecule has 1 aliphatic rings. The van der Waals surface area contributed by atoms with Crippen molar-refractivity contribution >= 4 is 5.97 Å². The standard InChI is InChI=1S/C14H28N2O2/c1-3-4-5-6-7-8-9-10-16-12-11-15(2)13(16)14(17)18/h13H,3-12H2,1-2H3,(H,17,18). The van der Waals surface area contributed by atoms with Crippen LogP contribution < -0.4 is 10.0 Å². The lowest BCUT2D eigenvalue weighted by Crippen LogP contribution is -3.13. The lowest BCUT2D eigenvalue weighted by atomic mass is 10.1. The van der Waals surface area contributed by atoms with Gasteiger partial charge < -0.3 is 14.8 Å². The first-order valence-electron chi connectivity index (χ1n) is 7.44. The van der Waals surface area contributed by atoms with Crippen molar-refractivity contribution < 1.29 is 14.8 Å². The number of carbonyl (C=O) groups is 1. The van der Waals surface area contributed by atoms with Crippen LogP contribution in [0.15, 0.2) is 0 Å². The van der Waals surface area contributed by atoms with Gasteiger partial charge in [-0.05, 0) is 6.42 Å². The van der Waals surface area contributed by atoms with Gasteiger partial charge in [0.2, 0.25) is 0 Å². The quantitative estimate of drug-likeness (QED) is 0.573. The molecule has 4 heteroatoms. The predicted octanol–water partition coefficient (Wildman–Crippen LogP) is -0.357. The van der Waals surface area contributed by atoms with Gasteiger partial charge in [-0.15, -0.1) is 0 Å². The van der Waals surface area contributed by atoms with Crippen LogP contribution in [0.2, 0.25) is 0 Å². The molecule has 2 atom stereocenters. The zero-order valence-electron chi connectivity index (χ0n) is 11.9. The number of quaternary nitrogens is 1. The normalized spacial score (nSPS) is 24.6. The summed E-state index contributed by atoms with van der Waals surface area (Å²) in [6.07, 6.45) is 8.49. The van der Waals surface area contributed by atoms with Gasteiger partial charge in [-0.2, -0.15) is 0 Å². The second-order valence-corrected chi connectivity index (χ2v) is 5.48. The average Bonchev–Trinajstić information content (AvgIpc) is 2.69. The molecule has 0 bridgehead atoms. The maximum atomic E-state index is 11.1. The van der Waals surface area contributed by atoms with E-state index in [-0.39, 0.29) is 0 Å². The molecule has 18 heavy (non-hydrogen) atoms. The number of likely N-dealkylation sites (N-methyl/N-ethyl adjacent to an activating group) is 1. The monoisotopic (exact) mass is 256 g/mol. The SMILES string of the molecule is CCCCCCCCCN1CC[NH+](C)C1C(=O)[O-]. The third kappa shape index (κ3) is 4.94. The molecule has 1 rings (SSSR count). The molecule has 4 nitrogen and oxygen atoms in total. The topological polar surface area (TPSA) is 47.8 Å². The number of carboxylic acid groups (broad SMARTS) is 1. The first-order chi connectivity index (χ1) is 8.66. The van der Waals surface area contributed by atoms with Crippen LogP contribution in [0.1, 0.15) is 51.9 Å². The Balaban J connectivity index is 2.10. The van der Waals surface area contributed by atoms with Crippen LogP contribution in [0.25, 0.3) is 0 Å². The zero-order chi connectivity index (χ0) is 13.4. The Labute approximate surface area is 111 Å². The van der Waals surface area contributed by atoms with E-state index < -0.39 is 12.1 Å². The third-order valence-electron chi connectivity index (χ3n) is 3.90. The van der Waals surface area contributed by atoms with E-state index in [1.807, 2.05) is 7.05 Å². The Kier molecular flexibility index (Phi) is 7.28. The highest BCUT2D eigenvalue weighted by Gasteiger charge is 2.33. The molecule has 0 amide bonds. The summed E-state index contributed by atoms with van der Waals surface area (Å²) < 4.78 is 0. The number of rotatable bonds is 9. The van der Waals surface area contributed by atoms with E-state index >= 15 is 0 Å². The number of nitrogens with zero attached hydrogens (tertiary/aromatic N) is 1. The molecule has 1 aliphatic heterocycles. The van der Waals surface area contributed by atoms with Gasteiger partial charge in [-0.1, -0.05) is 45.4 Å². The second kappa shape index (κ2) is 8.48. The van der Waals surface area contributed by atoms with Crippen LogP contribution >= 0.6 is 0 Å². The molecule has 1 N–H and O–H groups in total. The highest BCUT2D eigenvalue weighted by atomic mass is 16.4. The van der Waals surface area contributed by atoms with Crippen molar-refractivity contribution in [2.24, 2.45) is 0 Å². The van der Waals surface area contributed by atoms with Crippen LogP contribution in [0.4, 0.5) is 0 Å². The summed E-state index contributed by atoms with van der Waals surface area (Å²) in [7, 11) is 1.94. The van der Waals surface area contributed by atoms with Gasteiger partial charge in [0.1, 0.15) is 5.97 Å². The van der Waals surface area contributed by atoms with Crippen molar-refractivity contribution in [2.75, 3.05) is 26.7 Å². The number of carbonyl (C=O) groups excluding carboxylic acids is 1. The minimum absolute atomic E-state index is 0.426. The first kappa shape index (κ1) is 15.4. The Hall–Kier alpha value is -0.610. The average molecular weight is 256 g/mol. The van der Waals surface area contributed by atoms with Crippen LogP contribution in [-0.2, 0) is 4.79 Å². The molecule has 1 fully saturated rings. The van der Waals surface area contributed by atoms with E-state index in [9.17, 15) is 9.90 Å². The van der Waals surface area contributed by atoms with Crippen LogP contribution in [0.3, 0.4) is 0 Å². The maximum Gasteiger partial charge on any atom is 0.184 e. The summed E-state index contributed by atoms with van der Waals surface area (Å²) in [5, 5.41) is 11.1. The molecule has 1 heterocycles. The van der Waals surface area contributed by atoms with Gasteiger partial charge in [0, 0.05) is 6.54 Å². The lowest BCUT2D eigenvalue weighted by molar-refractivity contribution is -0.891. The Morgan fingerprint density at radius 3 is 2.44 bits per heavy atom. The minimum Gasteiger partial charge on any atom is -0.543 e. The van der Waals surface area contributed by atoms with Gasteiger partial charge in [0.15, 0.2) is 6.17 Å². The Bertz CT molecular complexity index is 246. The summed E-state index contributed by atoms with van der Waals surface area (Å²) in [5.41, 5.74) is 0. The molecule has 106 valence electrons. The highest BCUT2D eigenvalue weighted by Crippen LogP contribution is 2.08. The lowest BCUT2D eigenvalue weighted by Gasteiger charge is -2.25. The Morgan fingerprint density at radius 2 is 1.83 bits per heavy atom. The smallest absolute Gasteiger partial charge is 0.184 e. The fourth-order valence-electron chi connectivity index (χ4n) is 2.76. The molecule has 0 aromatic rings. The molecule has 0 aromatic carbocycles. The number of aliphatic carboxylic acids is 1. The van der Waals surface area contributed by atoms with Gasteiger partial charge in [0.25, 0.3) is 0 Å². The summed E-state index contributed by atoms with van der Waals surface area (Å²) in [4.78, 5) is 14.2. The molecule has 0 radical (unpaired) electrons. The zero-order valence-corrected chi connectivity index (χ0v) is 11.9. The van der Waals surface area contributed by atoms with Crippen molar-refractivity contribution in [3.05, 3.63) is 0 Å². The Morgan fingerprint density at radius 1 is 1.22 bits per heavy atom. The van der Waals surface area contributed by atoms with Crippen LogP contribution in [0, 0.1) is 0 Å². The second-order valence-electron chi connectivity index (χ2n) is 5.48. The van der Waals surface area contributed by atoms with E-state index in [0.717, 1.165) is 31.0 Å². The number of nitrogens with one attached hydrogen (secondary N) is 1. The first-order valence-corrected chi connectivity index (χ1v) is 7.44. The highest BCUT2D eigenvalue weighted by molar-refractivity contribution is 5.69. The van der Waals surface area contributed by atoms with E-state index in [4.69, 9.17) is 0 Å². The summed E-state index contributed by atoms with van der Waals surface area (Å²) in [6.45, 7) is 4.94. The predicted molar refractivity (Wildman–Crippen MR) is 70.1 cm³/mol. The molecule has 2 unspecified atom stereocenters. The fraction of sp³-hybridized carbons (Fsp3) is 0.929. The van der Waals surface area contributed by atoms with Gasteiger partial charge >= 0.3 is 0 Å². The van der Waals surface area contributed by atoms with Crippen molar-refractivity contribution in [3.8, 4) is 0 Å². The van der Waals surface area contributed by atoms with Crippen molar-refractivity contribution in [1.29, 1.82) is 0 Å². The minimum atomic E-state index is -0.923. The van der Waals surface area contributed by atoms with Crippen molar-refractivity contribution in [1.82, 2.24) is 4.90 Å². The summed E-state index contributed by atoms with van der Waals surface area (Å²) in [5.74, 6) is -0.923. The number of hydrogen-bond donors (Lipinski definition) is 1. The molecule has 0 aromatic heterocycles. The fourth-order valence-corrected chi connectivity index (χ4v) is 2.76. The number of carboxylic acids is 1. The maximum absolute atomic E-state index is 11.1. The number of unbranched alkanes of at least 4 members (excludes halogenated alkanes) is 6. The summed E-state index contributed by atoms with van der Waals surface area (Å²) in [6, 6.07) is 0. The molecule has 0 saturated carbocycles. The molecular weight excluding hydrogens is 228 g/mol. The van der Waals surface area contributed by atoms with Crippen molar-refractivity contribution in [2.45, 2.75) is 58.0 Å². The summed E-state index contributed by atoms with van der Waals surface area (Å²) >= 11 is 0. The van der Waals surface area contributed by atoms with E-state index in [2.05, 4.69) is 11.8 Å². The largest absolute Gasteiger partial charge is 0.543 e. The number of hydrogen-bond acceptors (Lipinski definition) is 3.